The van der Waals surface area contributed by atoms with E-state index in [1.54, 1.807) is 25.5 Å². The van der Waals surface area contributed by atoms with Crippen LogP contribution in [0.25, 0.3) is 33.5 Å². The maximum absolute atomic E-state index is 14.7. The first-order valence-corrected chi connectivity index (χ1v) is 11.8. The van der Waals surface area contributed by atoms with Crippen LogP contribution < -0.4 is 5.32 Å². The number of hydrogen-bond donors (Lipinski definition) is 2. The molecule has 36 heavy (non-hydrogen) atoms. The van der Waals surface area contributed by atoms with Gasteiger partial charge in [0.25, 0.3) is 0 Å². The van der Waals surface area contributed by atoms with E-state index in [1.807, 2.05) is 52.0 Å². The normalized spacial score (nSPS) is 12.8. The van der Waals surface area contributed by atoms with Crippen LogP contribution >= 0.6 is 0 Å². The van der Waals surface area contributed by atoms with E-state index >= 15 is 0 Å². The molecule has 190 valence electrons. The minimum Gasteiger partial charge on any atom is -0.459 e. The van der Waals surface area contributed by atoms with Crippen LogP contribution in [-0.2, 0) is 16.5 Å². The van der Waals surface area contributed by atoms with Gasteiger partial charge in [0.2, 0.25) is 0 Å². The predicted octanol–water partition coefficient (Wildman–Crippen LogP) is 6.01. The number of benzene rings is 2. The van der Waals surface area contributed by atoms with E-state index in [1.165, 1.54) is 12.1 Å². The second kappa shape index (κ2) is 9.29. The number of aryl methyl sites for hydroxylation is 1. The van der Waals surface area contributed by atoms with Crippen LogP contribution in [0.3, 0.4) is 0 Å². The molecule has 0 bridgehead atoms. The lowest BCUT2D eigenvalue weighted by Gasteiger charge is -2.22. The first-order chi connectivity index (χ1) is 16.8. The molecule has 0 aliphatic carbocycles. The molecular formula is C27H31FN4O4. The van der Waals surface area contributed by atoms with E-state index in [-0.39, 0.29) is 17.7 Å². The number of rotatable bonds is 5. The number of aromatic nitrogens is 3. The van der Waals surface area contributed by atoms with Crippen molar-refractivity contribution in [2.75, 3.05) is 0 Å². The average Bonchev–Trinajstić information content (AvgIpc) is 3.31. The molecule has 0 saturated heterocycles. The van der Waals surface area contributed by atoms with Crippen molar-refractivity contribution in [3.63, 3.8) is 0 Å². The Balaban J connectivity index is 1.64. The van der Waals surface area contributed by atoms with Crippen LogP contribution in [-0.4, -0.2) is 38.3 Å². The van der Waals surface area contributed by atoms with Gasteiger partial charge < -0.3 is 24.3 Å². The lowest BCUT2D eigenvalue weighted by molar-refractivity contribution is 0.0372. The SMILES string of the molecule is CC(C)OC(=O)c1cc2nc(-c3cc4ccc([C@@H](C)NC(=O)OC(C)(C)C)cc4[nH]3)n(C)c2cc1F. The highest BCUT2D eigenvalue weighted by atomic mass is 19.1. The zero-order valence-corrected chi connectivity index (χ0v) is 21.5. The van der Waals surface area contributed by atoms with Crippen molar-refractivity contribution in [2.45, 2.75) is 59.3 Å². The lowest BCUT2D eigenvalue weighted by Crippen LogP contribution is -2.34. The Labute approximate surface area is 208 Å². The average molecular weight is 495 g/mol. The van der Waals surface area contributed by atoms with Crippen LogP contribution in [0.4, 0.5) is 9.18 Å². The van der Waals surface area contributed by atoms with E-state index in [4.69, 9.17) is 9.47 Å². The molecule has 4 rings (SSSR count). The van der Waals surface area contributed by atoms with Gasteiger partial charge in [0, 0.05) is 24.0 Å². The monoisotopic (exact) mass is 494 g/mol. The van der Waals surface area contributed by atoms with Crippen molar-refractivity contribution in [1.82, 2.24) is 19.9 Å². The summed E-state index contributed by atoms with van der Waals surface area (Å²) in [6, 6.07) is 10.3. The highest BCUT2D eigenvalue weighted by molar-refractivity contribution is 5.95. The van der Waals surface area contributed by atoms with Gasteiger partial charge in [-0.15, -0.1) is 0 Å². The summed E-state index contributed by atoms with van der Waals surface area (Å²) in [6.45, 7) is 10.8. The predicted molar refractivity (Wildman–Crippen MR) is 136 cm³/mol. The van der Waals surface area contributed by atoms with E-state index in [0.717, 1.165) is 22.2 Å². The third kappa shape index (κ3) is 5.19. The zero-order valence-electron chi connectivity index (χ0n) is 21.5. The molecular weight excluding hydrogens is 463 g/mol. The molecule has 2 aromatic carbocycles. The summed E-state index contributed by atoms with van der Waals surface area (Å²) in [5, 5.41) is 3.81. The van der Waals surface area contributed by atoms with Crippen LogP contribution in [0.2, 0.25) is 0 Å². The van der Waals surface area contributed by atoms with Crippen LogP contribution in [0.1, 0.15) is 63.5 Å². The zero-order chi connectivity index (χ0) is 26.4. The lowest BCUT2D eigenvalue weighted by atomic mass is 10.1. The Morgan fingerprint density at radius 1 is 1.11 bits per heavy atom. The standard InChI is InChI=1S/C27H31FN4O4/c1-14(2)35-25(33)18-12-21-23(13-19(18)28)32(7)24(31-21)22-11-17-9-8-16(10-20(17)30-22)15(3)29-26(34)36-27(4,5)6/h8-15,30H,1-7H3,(H,29,34)/t15-/m1/s1. The Hall–Kier alpha value is -3.88. The summed E-state index contributed by atoms with van der Waals surface area (Å²) < 4.78 is 27.0. The molecule has 0 aliphatic heterocycles. The van der Waals surface area contributed by atoms with E-state index in [2.05, 4.69) is 15.3 Å². The third-order valence-corrected chi connectivity index (χ3v) is 5.65. The number of imidazole rings is 1. The molecule has 1 amide bonds. The topological polar surface area (TPSA) is 98.2 Å². The van der Waals surface area contributed by atoms with Gasteiger partial charge in [-0.3, -0.25) is 0 Å². The first-order valence-electron chi connectivity index (χ1n) is 11.8. The molecule has 4 aromatic rings. The fraction of sp³-hybridized carbons (Fsp3) is 0.370. The second-order valence-corrected chi connectivity index (χ2v) is 10.2. The quantitative estimate of drug-likeness (QED) is 0.331. The van der Waals surface area contributed by atoms with Crippen molar-refractivity contribution < 1.29 is 23.5 Å². The van der Waals surface area contributed by atoms with E-state index in [9.17, 15) is 14.0 Å². The highest BCUT2D eigenvalue weighted by Gasteiger charge is 2.21. The van der Waals surface area contributed by atoms with Crippen molar-refractivity contribution >= 4 is 34.0 Å². The van der Waals surface area contributed by atoms with Crippen LogP contribution in [0.5, 0.6) is 0 Å². The van der Waals surface area contributed by atoms with Crippen molar-refractivity contribution in [1.29, 1.82) is 0 Å². The number of nitrogens with zero attached hydrogens (tertiary/aromatic N) is 2. The minimum atomic E-state index is -0.719. The number of nitrogens with one attached hydrogen (secondary N) is 2. The van der Waals surface area contributed by atoms with Crippen molar-refractivity contribution in [3.8, 4) is 11.5 Å². The minimum absolute atomic E-state index is 0.145. The molecule has 0 aliphatic rings. The van der Waals surface area contributed by atoms with Gasteiger partial charge in [-0.2, -0.15) is 0 Å². The van der Waals surface area contributed by atoms with Crippen molar-refractivity contribution in [2.24, 2.45) is 7.05 Å². The summed E-state index contributed by atoms with van der Waals surface area (Å²) in [7, 11) is 1.79. The number of fused-ring (bicyclic) bond motifs is 2. The Morgan fingerprint density at radius 2 is 1.83 bits per heavy atom. The molecule has 2 N–H and O–H groups in total. The third-order valence-electron chi connectivity index (χ3n) is 5.65. The molecule has 1 atom stereocenters. The fourth-order valence-corrected chi connectivity index (χ4v) is 3.99. The Kier molecular flexibility index (Phi) is 6.51. The van der Waals surface area contributed by atoms with Gasteiger partial charge in [-0.1, -0.05) is 12.1 Å². The maximum Gasteiger partial charge on any atom is 0.408 e. The van der Waals surface area contributed by atoms with Gasteiger partial charge in [-0.05, 0) is 65.3 Å². The van der Waals surface area contributed by atoms with Crippen LogP contribution in [0.15, 0.2) is 36.4 Å². The number of H-pyrrole nitrogens is 1. The van der Waals surface area contributed by atoms with Gasteiger partial charge in [0.15, 0.2) is 5.82 Å². The molecule has 2 aromatic heterocycles. The molecule has 0 spiro atoms. The van der Waals surface area contributed by atoms with Crippen molar-refractivity contribution in [3.05, 3.63) is 53.3 Å². The second-order valence-electron chi connectivity index (χ2n) is 10.2. The first kappa shape index (κ1) is 25.2. The number of hydrogen-bond acceptors (Lipinski definition) is 5. The number of ether oxygens (including phenoxy) is 2. The number of carbonyl (C=O) groups excluding carboxylic acids is 2. The smallest absolute Gasteiger partial charge is 0.408 e. The fourth-order valence-electron chi connectivity index (χ4n) is 3.99. The van der Waals surface area contributed by atoms with E-state index in [0.29, 0.717) is 16.9 Å². The number of esters is 1. The largest absolute Gasteiger partial charge is 0.459 e. The number of carbonyl (C=O) groups is 2. The summed E-state index contributed by atoms with van der Waals surface area (Å²) in [4.78, 5) is 32.5. The molecule has 9 heteroatoms. The summed E-state index contributed by atoms with van der Waals surface area (Å²) in [5.41, 5.74) is 2.82. The van der Waals surface area contributed by atoms with Gasteiger partial charge >= 0.3 is 12.1 Å². The molecule has 0 unspecified atom stereocenters. The summed E-state index contributed by atoms with van der Waals surface area (Å²) in [6.07, 6.45) is -0.837. The van der Waals surface area contributed by atoms with Crippen LogP contribution in [0, 0.1) is 5.82 Å². The maximum atomic E-state index is 14.7. The number of aromatic amines is 1. The van der Waals surface area contributed by atoms with Gasteiger partial charge in [-0.25, -0.2) is 19.0 Å². The molecule has 0 radical (unpaired) electrons. The van der Waals surface area contributed by atoms with Gasteiger partial charge in [0.1, 0.15) is 11.4 Å². The number of alkyl carbamates (subject to hydrolysis) is 1. The molecule has 0 fully saturated rings. The molecule has 0 saturated carbocycles. The number of amides is 1. The highest BCUT2D eigenvalue weighted by Crippen LogP contribution is 2.29. The summed E-state index contributed by atoms with van der Waals surface area (Å²) in [5.74, 6) is -0.782. The number of halogens is 1. The molecule has 2 heterocycles. The molecule has 8 nitrogen and oxygen atoms in total. The van der Waals surface area contributed by atoms with E-state index < -0.39 is 23.5 Å². The Morgan fingerprint density at radius 3 is 2.50 bits per heavy atom. The summed E-state index contributed by atoms with van der Waals surface area (Å²) >= 11 is 0. The Bertz CT molecular complexity index is 1460. The van der Waals surface area contributed by atoms with Gasteiger partial charge in [0.05, 0.1) is 34.4 Å².